The van der Waals surface area contributed by atoms with E-state index >= 15 is 0 Å². The number of carbonyl (C=O) groups is 2. The number of cyclic esters (lactones) is 1. The maximum absolute atomic E-state index is 14.2. The summed E-state index contributed by atoms with van der Waals surface area (Å²) in [6, 6.07) is 8.45. The Balaban J connectivity index is 1.54. The van der Waals surface area contributed by atoms with Gasteiger partial charge in [0.25, 0.3) is 0 Å². The molecule has 0 unspecified atom stereocenters. The molecule has 2 fully saturated rings. The first-order valence-corrected chi connectivity index (χ1v) is 17.5. The lowest BCUT2D eigenvalue weighted by atomic mass is 9.74. The number of nitrogens with zero attached hydrogens (tertiary/aromatic N) is 3. The molecule has 0 aliphatic carbocycles. The maximum Gasteiger partial charge on any atom is 0.319 e. The predicted octanol–water partition coefficient (Wildman–Crippen LogP) is 4.11. The normalized spacial score (nSPS) is 36.3. The molecule has 2 saturated heterocycles. The highest BCUT2D eigenvalue weighted by Crippen LogP contribution is 2.38. The van der Waals surface area contributed by atoms with Crippen LogP contribution in [0, 0.1) is 17.3 Å². The van der Waals surface area contributed by atoms with E-state index in [9.17, 15) is 14.7 Å². The van der Waals surface area contributed by atoms with Crippen LogP contribution < -0.4 is 0 Å². The number of hydrogen-bond acceptors (Lipinski definition) is 10. The highest BCUT2D eigenvalue weighted by Gasteiger charge is 2.51. The lowest BCUT2D eigenvalue weighted by Crippen LogP contribution is -2.59. The zero-order valence-electron chi connectivity index (χ0n) is 30.5. The molecule has 3 aliphatic heterocycles. The van der Waals surface area contributed by atoms with Crippen molar-refractivity contribution < 1.29 is 33.6 Å². The molecule has 0 radical (unpaired) electrons. The molecule has 0 aromatic heterocycles. The first kappa shape index (κ1) is 37.9. The van der Waals surface area contributed by atoms with Crippen molar-refractivity contribution in [2.24, 2.45) is 17.3 Å². The molecule has 3 heterocycles. The van der Waals surface area contributed by atoms with Crippen LogP contribution in [0.4, 0.5) is 0 Å². The summed E-state index contributed by atoms with van der Waals surface area (Å²) in [5.74, 6) is -1.42. The van der Waals surface area contributed by atoms with Gasteiger partial charge >= 0.3 is 5.97 Å². The van der Waals surface area contributed by atoms with Gasteiger partial charge < -0.3 is 29.0 Å². The van der Waals surface area contributed by atoms with Crippen LogP contribution in [0.3, 0.4) is 0 Å². The van der Waals surface area contributed by atoms with Gasteiger partial charge in [-0.25, -0.2) is 0 Å². The lowest BCUT2D eigenvalue weighted by molar-refractivity contribution is -0.295. The summed E-state index contributed by atoms with van der Waals surface area (Å²) in [6.45, 7) is 15.0. The Bertz CT molecular complexity index is 1190. The summed E-state index contributed by atoms with van der Waals surface area (Å²) >= 11 is 0. The third-order valence-corrected chi connectivity index (χ3v) is 10.9. The van der Waals surface area contributed by atoms with Gasteiger partial charge in [0.2, 0.25) is 0 Å². The quantitative estimate of drug-likeness (QED) is 0.324. The summed E-state index contributed by atoms with van der Waals surface area (Å²) < 4.78 is 25.0. The van der Waals surface area contributed by atoms with Gasteiger partial charge in [-0.1, -0.05) is 38.1 Å². The van der Waals surface area contributed by atoms with Crippen LogP contribution in [0.1, 0.15) is 78.4 Å². The first-order chi connectivity index (χ1) is 22.1. The minimum Gasteiger partial charge on any atom is -0.463 e. The Morgan fingerprint density at radius 2 is 1.70 bits per heavy atom. The van der Waals surface area contributed by atoms with Crippen LogP contribution in [0.5, 0.6) is 0 Å². The standard InChI is InChI=1S/C37H61N3O7/c1-24-19-37(6,44-10)33(47-34-31(41)30(38(7)8)18-25(2)46-34)26(3)32(42)36(4,5)35(43)45-23-29(39(9)20-24)16-13-17-40-21-27-14-11-12-15-28(27)22-40/h11-12,14-15,24-26,29-31,33-34,41H,13,16-23H2,1-10H3/t24-,25-,26+,29+,30+,31-,33-,34+,37-/m1/s1. The summed E-state index contributed by atoms with van der Waals surface area (Å²) in [7, 11) is 7.59. The Morgan fingerprint density at radius 3 is 2.30 bits per heavy atom. The Labute approximate surface area is 283 Å². The highest BCUT2D eigenvalue weighted by molar-refractivity contribution is 6.04. The number of fused-ring (bicyclic) bond motifs is 1. The second-order valence-electron chi connectivity index (χ2n) is 15.5. The zero-order chi connectivity index (χ0) is 34.7. The minimum atomic E-state index is -1.41. The number of ketones is 1. The van der Waals surface area contributed by atoms with Gasteiger partial charge in [-0.3, -0.25) is 19.4 Å². The van der Waals surface area contributed by atoms with Crippen molar-refractivity contribution in [3.8, 4) is 0 Å². The van der Waals surface area contributed by atoms with Crippen molar-refractivity contribution >= 4 is 11.8 Å². The van der Waals surface area contributed by atoms with E-state index in [0.717, 1.165) is 39.0 Å². The second kappa shape index (κ2) is 15.7. The fraction of sp³-hybridized carbons (Fsp3) is 0.784. The zero-order valence-corrected chi connectivity index (χ0v) is 30.5. The van der Waals surface area contributed by atoms with E-state index in [1.807, 2.05) is 32.8 Å². The van der Waals surface area contributed by atoms with Crippen LogP contribution in [-0.2, 0) is 41.6 Å². The van der Waals surface area contributed by atoms with E-state index in [1.165, 1.54) is 11.1 Å². The Kier molecular flexibility index (Phi) is 12.7. The minimum absolute atomic E-state index is 0.00606. The summed E-state index contributed by atoms with van der Waals surface area (Å²) in [5, 5.41) is 11.3. The van der Waals surface area contributed by atoms with Crippen molar-refractivity contribution in [3.05, 3.63) is 35.4 Å². The number of rotatable bonds is 8. The molecule has 0 saturated carbocycles. The van der Waals surface area contributed by atoms with Crippen molar-refractivity contribution in [2.75, 3.05) is 47.9 Å². The molecule has 0 spiro atoms. The Hall–Kier alpha value is -1.92. The molecule has 1 aromatic carbocycles. The average molecular weight is 660 g/mol. The van der Waals surface area contributed by atoms with Gasteiger partial charge in [0.1, 0.15) is 18.1 Å². The molecule has 1 N–H and O–H groups in total. The highest BCUT2D eigenvalue weighted by atomic mass is 16.7. The molecule has 0 bridgehead atoms. The number of aliphatic hydroxyl groups is 1. The Morgan fingerprint density at radius 1 is 1.06 bits per heavy atom. The molecule has 9 atom stereocenters. The number of benzene rings is 1. The van der Waals surface area contributed by atoms with Crippen LogP contribution >= 0.6 is 0 Å². The number of hydrogen-bond donors (Lipinski definition) is 1. The van der Waals surface area contributed by atoms with Gasteiger partial charge in [0.05, 0.1) is 17.8 Å². The van der Waals surface area contributed by atoms with Crippen molar-refractivity contribution in [2.45, 2.75) is 123 Å². The number of likely N-dealkylation sites (N-methyl/N-ethyl adjacent to an activating group) is 2. The van der Waals surface area contributed by atoms with Crippen LogP contribution in [0.15, 0.2) is 24.3 Å². The monoisotopic (exact) mass is 659 g/mol. The second-order valence-corrected chi connectivity index (χ2v) is 15.5. The van der Waals surface area contributed by atoms with E-state index in [1.54, 1.807) is 27.9 Å². The van der Waals surface area contributed by atoms with Crippen LogP contribution in [0.2, 0.25) is 0 Å². The summed E-state index contributed by atoms with van der Waals surface area (Å²) in [5.41, 5.74) is 0.470. The third kappa shape index (κ3) is 8.82. The molecular weight excluding hydrogens is 598 g/mol. The van der Waals surface area contributed by atoms with Gasteiger partial charge in [-0.15, -0.1) is 0 Å². The third-order valence-electron chi connectivity index (χ3n) is 10.9. The van der Waals surface area contributed by atoms with Crippen molar-refractivity contribution in [1.82, 2.24) is 14.7 Å². The molecule has 3 aliphatic rings. The van der Waals surface area contributed by atoms with E-state index in [4.69, 9.17) is 18.9 Å². The van der Waals surface area contributed by atoms with E-state index in [0.29, 0.717) is 12.8 Å². The largest absolute Gasteiger partial charge is 0.463 e. The molecule has 4 rings (SSSR count). The number of aliphatic hydroxyl groups excluding tert-OH is 1. The first-order valence-electron chi connectivity index (χ1n) is 17.5. The van der Waals surface area contributed by atoms with E-state index in [-0.39, 0.29) is 36.5 Å². The summed E-state index contributed by atoms with van der Waals surface area (Å²) in [6.07, 6.45) is 0.252. The molecule has 10 nitrogen and oxygen atoms in total. The molecule has 1 aromatic rings. The average Bonchev–Trinajstić information content (AvgIpc) is 3.43. The molecule has 266 valence electrons. The fourth-order valence-corrected chi connectivity index (χ4v) is 8.01. The predicted molar refractivity (Wildman–Crippen MR) is 182 cm³/mol. The number of methoxy groups -OCH3 is 1. The van der Waals surface area contributed by atoms with E-state index in [2.05, 4.69) is 48.0 Å². The molecule has 10 heteroatoms. The van der Waals surface area contributed by atoms with Crippen LogP contribution in [0.25, 0.3) is 0 Å². The smallest absolute Gasteiger partial charge is 0.319 e. The molecular formula is C37H61N3O7. The molecule has 47 heavy (non-hydrogen) atoms. The van der Waals surface area contributed by atoms with Gasteiger partial charge in [-0.05, 0) is 98.1 Å². The maximum atomic E-state index is 14.2. The fourth-order valence-electron chi connectivity index (χ4n) is 8.01. The number of carbonyl (C=O) groups excluding carboxylic acids is 2. The number of esters is 1. The number of ether oxygens (including phenoxy) is 4. The molecule has 0 amide bonds. The lowest BCUT2D eigenvalue weighted by Gasteiger charge is -2.47. The van der Waals surface area contributed by atoms with Crippen LogP contribution in [-0.4, -0.2) is 122 Å². The topological polar surface area (TPSA) is 101 Å². The van der Waals surface area contributed by atoms with Gasteiger partial charge in [0, 0.05) is 44.7 Å². The van der Waals surface area contributed by atoms with Crippen molar-refractivity contribution in [1.29, 1.82) is 0 Å². The van der Waals surface area contributed by atoms with Crippen molar-refractivity contribution in [3.63, 3.8) is 0 Å². The summed E-state index contributed by atoms with van der Waals surface area (Å²) in [4.78, 5) is 34.6. The van der Waals surface area contributed by atoms with Gasteiger partial charge in [0.15, 0.2) is 12.1 Å². The SMILES string of the molecule is CO[C@]1(C)C[C@@H](C)CN(C)[C@@H](CCCN2Cc3ccccc3C2)COC(=O)C(C)(C)C(=O)[C@H](C)[C@H]1O[C@@H]1O[C@H](C)C[C@H](N(C)C)[C@H]1O. The van der Waals surface area contributed by atoms with Gasteiger partial charge in [-0.2, -0.15) is 0 Å². The van der Waals surface area contributed by atoms with E-state index < -0.39 is 41.4 Å². The number of Topliss-reactive ketones (excluding diaryl/α,β-unsaturated/α-hetero) is 1.